The summed E-state index contributed by atoms with van der Waals surface area (Å²) < 4.78 is 0. The van der Waals surface area contributed by atoms with Crippen molar-refractivity contribution >= 4 is 11.6 Å². The molecule has 1 saturated heterocycles. The second kappa shape index (κ2) is 8.15. The Morgan fingerprint density at radius 3 is 2.21 bits per heavy atom. The third-order valence-corrected chi connectivity index (χ3v) is 5.50. The molecule has 150 valence electrons. The maximum atomic E-state index is 4.85. The lowest BCUT2D eigenvalue weighted by Gasteiger charge is -2.37. The summed E-state index contributed by atoms with van der Waals surface area (Å²) in [6.45, 7) is 11.9. The van der Waals surface area contributed by atoms with Crippen LogP contribution in [0.2, 0.25) is 0 Å². The molecule has 0 radical (unpaired) electrons. The number of benzene rings is 1. The fraction of sp³-hybridized carbons (Fsp3) is 0.391. The normalized spacial score (nSPS) is 14.3. The highest BCUT2D eigenvalue weighted by Crippen LogP contribution is 2.26. The molecule has 0 atom stereocenters. The molecular weight excluding hydrogens is 360 g/mol. The van der Waals surface area contributed by atoms with E-state index in [4.69, 9.17) is 4.98 Å². The first-order valence-electron chi connectivity index (χ1n) is 10.2. The molecule has 4 rings (SSSR count). The van der Waals surface area contributed by atoms with Crippen LogP contribution in [-0.4, -0.2) is 46.1 Å². The minimum absolute atomic E-state index is 0.832. The number of anilines is 2. The van der Waals surface area contributed by atoms with Crippen molar-refractivity contribution in [1.29, 1.82) is 0 Å². The summed E-state index contributed by atoms with van der Waals surface area (Å²) in [5, 5.41) is 0. The Bertz CT molecular complexity index is 991. The van der Waals surface area contributed by atoms with Crippen LogP contribution in [0, 0.1) is 27.7 Å². The zero-order valence-corrected chi connectivity index (χ0v) is 17.7. The first-order valence-corrected chi connectivity index (χ1v) is 10.2. The molecular formula is C23H28N6. The van der Waals surface area contributed by atoms with Crippen molar-refractivity contribution in [2.45, 2.75) is 34.1 Å². The van der Waals surface area contributed by atoms with Crippen molar-refractivity contribution in [3.63, 3.8) is 0 Å². The highest BCUT2D eigenvalue weighted by atomic mass is 15.3. The third kappa shape index (κ3) is 4.36. The Kier molecular flexibility index (Phi) is 5.43. The molecule has 6 nitrogen and oxygen atoms in total. The summed E-state index contributed by atoms with van der Waals surface area (Å²) in [5.74, 6) is 2.92. The molecule has 0 bridgehead atoms. The van der Waals surface area contributed by atoms with E-state index in [2.05, 4.69) is 68.9 Å². The SMILES string of the molecule is Cc1ccc(Cc2c(C)nc(C)nc2N2CCN(c3cc(C)ncn3)CC2)cc1. The standard InChI is InChI=1S/C23H28N6/c1-16-5-7-20(8-6-16)14-21-18(3)26-19(4)27-23(21)29-11-9-28(10-12-29)22-13-17(2)24-15-25-22/h5-8,13,15H,9-12,14H2,1-4H3. The van der Waals surface area contributed by atoms with E-state index in [1.807, 2.05) is 13.8 Å². The number of aromatic nitrogens is 4. The molecule has 0 aliphatic carbocycles. The van der Waals surface area contributed by atoms with Gasteiger partial charge < -0.3 is 9.80 Å². The van der Waals surface area contributed by atoms with Gasteiger partial charge in [-0.1, -0.05) is 29.8 Å². The van der Waals surface area contributed by atoms with Crippen molar-refractivity contribution in [1.82, 2.24) is 19.9 Å². The van der Waals surface area contributed by atoms with E-state index in [1.54, 1.807) is 6.33 Å². The third-order valence-electron chi connectivity index (χ3n) is 5.50. The van der Waals surface area contributed by atoms with Crippen LogP contribution in [0.1, 0.15) is 33.9 Å². The van der Waals surface area contributed by atoms with Gasteiger partial charge in [-0.05, 0) is 33.3 Å². The maximum absolute atomic E-state index is 4.85. The zero-order valence-electron chi connectivity index (χ0n) is 17.7. The molecule has 1 aliphatic rings. The molecule has 6 heteroatoms. The molecule has 0 unspecified atom stereocenters. The minimum atomic E-state index is 0.832. The Morgan fingerprint density at radius 2 is 1.52 bits per heavy atom. The predicted octanol–water partition coefficient (Wildman–Crippen LogP) is 3.42. The van der Waals surface area contributed by atoms with Crippen LogP contribution in [-0.2, 0) is 6.42 Å². The van der Waals surface area contributed by atoms with Crippen LogP contribution >= 0.6 is 0 Å². The highest BCUT2D eigenvalue weighted by Gasteiger charge is 2.23. The molecule has 1 aromatic carbocycles. The van der Waals surface area contributed by atoms with E-state index in [-0.39, 0.29) is 0 Å². The summed E-state index contributed by atoms with van der Waals surface area (Å²) in [5.41, 5.74) is 5.87. The summed E-state index contributed by atoms with van der Waals surface area (Å²) in [6.07, 6.45) is 2.50. The number of hydrogen-bond acceptors (Lipinski definition) is 6. The van der Waals surface area contributed by atoms with Gasteiger partial charge in [0.15, 0.2) is 0 Å². The Hall–Kier alpha value is -3.02. The van der Waals surface area contributed by atoms with Crippen molar-refractivity contribution < 1.29 is 0 Å². The molecule has 0 amide bonds. The van der Waals surface area contributed by atoms with Crippen LogP contribution in [0.15, 0.2) is 36.7 Å². The Morgan fingerprint density at radius 1 is 0.828 bits per heavy atom. The zero-order chi connectivity index (χ0) is 20.4. The summed E-state index contributed by atoms with van der Waals surface area (Å²) in [6, 6.07) is 10.8. The molecule has 1 fully saturated rings. The lowest BCUT2D eigenvalue weighted by Crippen LogP contribution is -2.47. The van der Waals surface area contributed by atoms with Gasteiger partial charge in [-0.3, -0.25) is 0 Å². The molecule has 0 spiro atoms. The van der Waals surface area contributed by atoms with Gasteiger partial charge in [0.05, 0.1) is 0 Å². The second-order valence-corrected chi connectivity index (χ2v) is 7.81. The first kappa shape index (κ1) is 19.3. The van der Waals surface area contributed by atoms with Gasteiger partial charge in [-0.15, -0.1) is 0 Å². The number of nitrogens with zero attached hydrogens (tertiary/aromatic N) is 6. The minimum Gasteiger partial charge on any atom is -0.353 e. The predicted molar refractivity (Wildman–Crippen MR) is 117 cm³/mol. The number of hydrogen-bond donors (Lipinski definition) is 0. The van der Waals surface area contributed by atoms with Gasteiger partial charge in [0.25, 0.3) is 0 Å². The Labute approximate surface area is 172 Å². The monoisotopic (exact) mass is 388 g/mol. The van der Waals surface area contributed by atoms with E-state index >= 15 is 0 Å². The van der Waals surface area contributed by atoms with Gasteiger partial charge in [-0.25, -0.2) is 19.9 Å². The summed E-state index contributed by atoms with van der Waals surface area (Å²) in [7, 11) is 0. The van der Waals surface area contributed by atoms with Gasteiger partial charge >= 0.3 is 0 Å². The number of rotatable bonds is 4. The van der Waals surface area contributed by atoms with Crippen LogP contribution < -0.4 is 9.80 Å². The molecule has 3 heterocycles. The van der Waals surface area contributed by atoms with E-state index in [9.17, 15) is 0 Å². The lowest BCUT2D eigenvalue weighted by molar-refractivity contribution is 0.636. The fourth-order valence-corrected chi connectivity index (χ4v) is 3.86. The van der Waals surface area contributed by atoms with Crippen LogP contribution in [0.4, 0.5) is 11.6 Å². The summed E-state index contributed by atoms with van der Waals surface area (Å²) in [4.78, 5) is 22.9. The first-order chi connectivity index (χ1) is 14.0. The van der Waals surface area contributed by atoms with Crippen molar-refractivity contribution in [3.8, 4) is 0 Å². The van der Waals surface area contributed by atoms with Gasteiger partial charge in [0.1, 0.15) is 23.8 Å². The van der Waals surface area contributed by atoms with Crippen molar-refractivity contribution in [2.24, 2.45) is 0 Å². The summed E-state index contributed by atoms with van der Waals surface area (Å²) >= 11 is 0. The van der Waals surface area contributed by atoms with E-state index in [0.29, 0.717) is 0 Å². The fourth-order valence-electron chi connectivity index (χ4n) is 3.86. The van der Waals surface area contributed by atoms with Crippen molar-refractivity contribution in [3.05, 3.63) is 70.6 Å². The molecule has 1 aliphatic heterocycles. The van der Waals surface area contributed by atoms with E-state index in [1.165, 1.54) is 16.7 Å². The smallest absolute Gasteiger partial charge is 0.136 e. The average molecular weight is 389 g/mol. The van der Waals surface area contributed by atoms with E-state index < -0.39 is 0 Å². The largest absolute Gasteiger partial charge is 0.353 e. The van der Waals surface area contributed by atoms with Crippen LogP contribution in [0.5, 0.6) is 0 Å². The molecule has 29 heavy (non-hydrogen) atoms. The maximum Gasteiger partial charge on any atom is 0.136 e. The average Bonchev–Trinajstić information content (AvgIpc) is 2.71. The quantitative estimate of drug-likeness (QED) is 0.683. The van der Waals surface area contributed by atoms with Gasteiger partial charge in [0, 0.05) is 55.6 Å². The highest BCUT2D eigenvalue weighted by molar-refractivity contribution is 5.53. The van der Waals surface area contributed by atoms with Crippen LogP contribution in [0.25, 0.3) is 0 Å². The molecule has 0 saturated carbocycles. The van der Waals surface area contributed by atoms with Crippen LogP contribution in [0.3, 0.4) is 0 Å². The van der Waals surface area contributed by atoms with Gasteiger partial charge in [0.2, 0.25) is 0 Å². The molecule has 2 aromatic heterocycles. The molecule has 0 N–H and O–H groups in total. The lowest BCUT2D eigenvalue weighted by atomic mass is 10.0. The van der Waals surface area contributed by atoms with Gasteiger partial charge in [-0.2, -0.15) is 0 Å². The second-order valence-electron chi connectivity index (χ2n) is 7.81. The number of aryl methyl sites for hydroxylation is 4. The Balaban J connectivity index is 1.56. The topological polar surface area (TPSA) is 58.0 Å². The number of piperazine rings is 1. The van der Waals surface area contributed by atoms with Crippen molar-refractivity contribution in [2.75, 3.05) is 36.0 Å². The van der Waals surface area contributed by atoms with E-state index in [0.717, 1.165) is 61.4 Å². The molecule has 3 aromatic rings.